The molecule has 1 atom stereocenters. The van der Waals surface area contributed by atoms with E-state index in [0.717, 1.165) is 18.4 Å². The normalized spacial score (nSPS) is 12.6. The highest BCUT2D eigenvalue weighted by Crippen LogP contribution is 2.21. The van der Waals surface area contributed by atoms with Crippen molar-refractivity contribution in [1.29, 1.82) is 0 Å². The SMILES string of the molecule is CCCC(NC)c1ccn(Cc2ccc(F)cc2Cl)c1. The number of rotatable bonds is 6. The van der Waals surface area contributed by atoms with Crippen LogP contribution in [0.5, 0.6) is 0 Å². The first-order valence-corrected chi connectivity index (χ1v) is 7.28. The van der Waals surface area contributed by atoms with Gasteiger partial charge in [0, 0.05) is 30.0 Å². The Labute approximate surface area is 124 Å². The Morgan fingerprint density at radius 2 is 2.15 bits per heavy atom. The Balaban J connectivity index is 2.12. The number of benzene rings is 1. The van der Waals surface area contributed by atoms with E-state index in [2.05, 4.69) is 29.1 Å². The van der Waals surface area contributed by atoms with Gasteiger partial charge in [-0.2, -0.15) is 0 Å². The monoisotopic (exact) mass is 294 g/mol. The van der Waals surface area contributed by atoms with E-state index in [9.17, 15) is 4.39 Å². The lowest BCUT2D eigenvalue weighted by molar-refractivity contribution is 0.540. The fourth-order valence-electron chi connectivity index (χ4n) is 2.38. The molecule has 0 radical (unpaired) electrons. The van der Waals surface area contributed by atoms with Gasteiger partial charge in [0.1, 0.15) is 5.82 Å². The van der Waals surface area contributed by atoms with Crippen LogP contribution in [-0.4, -0.2) is 11.6 Å². The second-order valence-electron chi connectivity index (χ2n) is 4.98. The zero-order chi connectivity index (χ0) is 14.5. The van der Waals surface area contributed by atoms with Crippen LogP contribution in [0.4, 0.5) is 4.39 Å². The average Bonchev–Trinajstić information content (AvgIpc) is 2.87. The number of halogens is 2. The molecule has 0 saturated carbocycles. The summed E-state index contributed by atoms with van der Waals surface area (Å²) in [4.78, 5) is 0. The van der Waals surface area contributed by atoms with E-state index in [1.165, 1.54) is 17.7 Å². The predicted molar refractivity (Wildman–Crippen MR) is 81.7 cm³/mol. The quantitative estimate of drug-likeness (QED) is 0.836. The smallest absolute Gasteiger partial charge is 0.124 e. The molecule has 0 amide bonds. The lowest BCUT2D eigenvalue weighted by Crippen LogP contribution is -2.15. The summed E-state index contributed by atoms with van der Waals surface area (Å²) in [5, 5.41) is 3.80. The average molecular weight is 295 g/mol. The molecule has 0 aliphatic carbocycles. The maximum absolute atomic E-state index is 13.0. The summed E-state index contributed by atoms with van der Waals surface area (Å²) in [6, 6.07) is 7.03. The van der Waals surface area contributed by atoms with Gasteiger partial charge in [-0.3, -0.25) is 0 Å². The Morgan fingerprint density at radius 1 is 1.35 bits per heavy atom. The van der Waals surface area contributed by atoms with Crippen LogP contribution < -0.4 is 5.32 Å². The minimum absolute atomic E-state index is 0.301. The lowest BCUT2D eigenvalue weighted by atomic mass is 10.1. The van der Waals surface area contributed by atoms with Gasteiger partial charge in [-0.05, 0) is 42.8 Å². The molecule has 0 saturated heterocycles. The summed E-state index contributed by atoms with van der Waals surface area (Å²) in [6.45, 7) is 2.83. The Morgan fingerprint density at radius 3 is 2.80 bits per heavy atom. The number of hydrogen-bond acceptors (Lipinski definition) is 1. The molecular formula is C16H20ClFN2. The Kier molecular flexibility index (Phi) is 5.21. The summed E-state index contributed by atoms with van der Waals surface area (Å²) >= 11 is 6.06. The van der Waals surface area contributed by atoms with Crippen molar-refractivity contribution in [3.63, 3.8) is 0 Å². The van der Waals surface area contributed by atoms with Gasteiger partial charge in [-0.25, -0.2) is 4.39 Å². The van der Waals surface area contributed by atoms with Gasteiger partial charge in [0.15, 0.2) is 0 Å². The standard InChI is InChI=1S/C16H20ClFN2/c1-3-4-16(19-2)13-7-8-20(11-13)10-12-5-6-14(18)9-15(12)17/h5-9,11,16,19H,3-4,10H2,1-2H3. The molecule has 0 spiro atoms. The minimum Gasteiger partial charge on any atom is -0.350 e. The third kappa shape index (κ3) is 3.62. The molecule has 1 aromatic heterocycles. The van der Waals surface area contributed by atoms with Crippen molar-refractivity contribution in [2.45, 2.75) is 32.4 Å². The summed E-state index contributed by atoms with van der Waals surface area (Å²) in [5.41, 5.74) is 2.19. The molecule has 0 aliphatic heterocycles. The van der Waals surface area contributed by atoms with Crippen LogP contribution in [0.3, 0.4) is 0 Å². The second-order valence-corrected chi connectivity index (χ2v) is 5.39. The first-order valence-electron chi connectivity index (χ1n) is 6.91. The molecule has 2 nitrogen and oxygen atoms in total. The highest BCUT2D eigenvalue weighted by atomic mass is 35.5. The zero-order valence-electron chi connectivity index (χ0n) is 11.9. The third-order valence-electron chi connectivity index (χ3n) is 3.47. The van der Waals surface area contributed by atoms with E-state index < -0.39 is 0 Å². The van der Waals surface area contributed by atoms with Crippen molar-refractivity contribution in [3.8, 4) is 0 Å². The molecule has 1 aromatic carbocycles. The molecule has 2 rings (SSSR count). The van der Waals surface area contributed by atoms with Gasteiger partial charge in [-0.15, -0.1) is 0 Å². The van der Waals surface area contributed by atoms with Crippen molar-refractivity contribution >= 4 is 11.6 Å². The Bertz CT molecular complexity index is 565. The maximum atomic E-state index is 13.0. The van der Waals surface area contributed by atoms with Crippen molar-refractivity contribution in [1.82, 2.24) is 9.88 Å². The third-order valence-corrected chi connectivity index (χ3v) is 3.82. The van der Waals surface area contributed by atoms with Gasteiger partial charge in [0.2, 0.25) is 0 Å². The molecule has 2 aromatic rings. The van der Waals surface area contributed by atoms with Crippen LogP contribution in [0, 0.1) is 5.82 Å². The molecule has 1 heterocycles. The Hall–Kier alpha value is -1.32. The van der Waals surface area contributed by atoms with Gasteiger partial charge >= 0.3 is 0 Å². The van der Waals surface area contributed by atoms with Gasteiger partial charge in [0.25, 0.3) is 0 Å². The molecule has 1 unspecified atom stereocenters. The summed E-state index contributed by atoms with van der Waals surface area (Å²) < 4.78 is 15.1. The van der Waals surface area contributed by atoms with Crippen LogP contribution in [0.1, 0.15) is 36.9 Å². The molecule has 4 heteroatoms. The largest absolute Gasteiger partial charge is 0.350 e. The molecule has 0 bridgehead atoms. The van der Waals surface area contributed by atoms with Crippen LogP contribution in [-0.2, 0) is 6.54 Å². The molecule has 1 N–H and O–H groups in total. The lowest BCUT2D eigenvalue weighted by Gasteiger charge is -2.13. The van der Waals surface area contributed by atoms with Crippen molar-refractivity contribution in [2.75, 3.05) is 7.05 Å². The number of nitrogens with one attached hydrogen (secondary N) is 1. The fraction of sp³-hybridized carbons (Fsp3) is 0.375. The molecule has 108 valence electrons. The highest BCUT2D eigenvalue weighted by Gasteiger charge is 2.10. The number of nitrogens with zero attached hydrogens (tertiary/aromatic N) is 1. The van der Waals surface area contributed by atoms with E-state index in [0.29, 0.717) is 17.6 Å². The van der Waals surface area contributed by atoms with Gasteiger partial charge in [0.05, 0.1) is 0 Å². The van der Waals surface area contributed by atoms with Crippen LogP contribution in [0.2, 0.25) is 5.02 Å². The molecule has 20 heavy (non-hydrogen) atoms. The molecule has 0 fully saturated rings. The first kappa shape index (κ1) is 15.1. The van der Waals surface area contributed by atoms with Crippen LogP contribution in [0.25, 0.3) is 0 Å². The van der Waals surface area contributed by atoms with Crippen molar-refractivity contribution < 1.29 is 4.39 Å². The van der Waals surface area contributed by atoms with Crippen molar-refractivity contribution in [3.05, 3.63) is 58.6 Å². The van der Waals surface area contributed by atoms with E-state index in [-0.39, 0.29) is 5.82 Å². The fourth-order valence-corrected chi connectivity index (χ4v) is 2.60. The van der Waals surface area contributed by atoms with E-state index in [1.807, 2.05) is 13.2 Å². The number of aromatic nitrogens is 1. The van der Waals surface area contributed by atoms with E-state index in [1.54, 1.807) is 6.07 Å². The zero-order valence-corrected chi connectivity index (χ0v) is 12.6. The second kappa shape index (κ2) is 6.91. The van der Waals surface area contributed by atoms with Gasteiger partial charge < -0.3 is 9.88 Å². The number of hydrogen-bond donors (Lipinski definition) is 1. The first-order chi connectivity index (χ1) is 9.63. The van der Waals surface area contributed by atoms with Crippen LogP contribution >= 0.6 is 11.6 Å². The van der Waals surface area contributed by atoms with E-state index >= 15 is 0 Å². The van der Waals surface area contributed by atoms with Crippen molar-refractivity contribution in [2.24, 2.45) is 0 Å². The van der Waals surface area contributed by atoms with Crippen LogP contribution in [0.15, 0.2) is 36.7 Å². The molecular weight excluding hydrogens is 275 g/mol. The minimum atomic E-state index is -0.301. The topological polar surface area (TPSA) is 17.0 Å². The van der Waals surface area contributed by atoms with E-state index in [4.69, 9.17) is 11.6 Å². The molecule has 0 aliphatic rings. The predicted octanol–water partition coefficient (Wildman–Crippen LogP) is 4.39. The van der Waals surface area contributed by atoms with Gasteiger partial charge in [-0.1, -0.05) is 31.0 Å². The maximum Gasteiger partial charge on any atom is 0.124 e. The summed E-state index contributed by atoms with van der Waals surface area (Å²) in [7, 11) is 1.98. The summed E-state index contributed by atoms with van der Waals surface area (Å²) in [6.07, 6.45) is 6.41. The summed E-state index contributed by atoms with van der Waals surface area (Å²) in [5.74, 6) is -0.301. The highest BCUT2D eigenvalue weighted by molar-refractivity contribution is 6.31.